The second-order valence-electron chi connectivity index (χ2n) is 20.6. The van der Waals surface area contributed by atoms with Crippen molar-refractivity contribution >= 4 is 72.7 Å². The molecule has 0 spiro atoms. The van der Waals surface area contributed by atoms with Crippen molar-refractivity contribution in [1.82, 2.24) is 0 Å². The van der Waals surface area contributed by atoms with Gasteiger partial charge in [0.1, 0.15) is 0 Å². The molecule has 0 saturated heterocycles. The van der Waals surface area contributed by atoms with Crippen LogP contribution in [0, 0.1) is 0 Å². The fourth-order valence-electron chi connectivity index (χ4n) is 12.1. The van der Waals surface area contributed by atoms with Crippen LogP contribution in [0.1, 0.15) is 74.9 Å². The summed E-state index contributed by atoms with van der Waals surface area (Å²) in [6.45, 7) is 14.7. The van der Waals surface area contributed by atoms with E-state index >= 15 is 0 Å². The van der Waals surface area contributed by atoms with Crippen LogP contribution in [0.3, 0.4) is 0 Å². The normalized spacial score (nSPS) is 15.2. The minimum Gasteiger partial charge on any atom is -0.310 e. The Kier molecular flexibility index (Phi) is 8.65. The van der Waals surface area contributed by atoms with Gasteiger partial charge in [0.25, 0.3) is 0 Å². The van der Waals surface area contributed by atoms with Gasteiger partial charge in [-0.15, -0.1) is 0 Å². The number of nitrogens with zero attached hydrogens (tertiary/aromatic N) is 3. The molecule has 0 radical (unpaired) electrons. The van der Waals surface area contributed by atoms with Crippen LogP contribution >= 0.6 is 0 Å². The molecule has 10 aromatic rings. The molecular formula is C65H53N3. The SMILES string of the molecule is CC1(C)c2cccc3c2N2c4c1cc(-c1ccc(N(c5ccccc5)c5ccc6ccccc6c5)c5ccccc15)cc4C(C)(C)c1cc(N(c4ccccc4)c4ccccc4)cc(c12)C3(C)C. The number of rotatable bonds is 7. The molecule has 0 aromatic heterocycles. The number of anilines is 9. The summed E-state index contributed by atoms with van der Waals surface area (Å²) in [5.74, 6) is 0. The second kappa shape index (κ2) is 14.6. The Morgan fingerprint density at radius 2 is 0.765 bits per heavy atom. The molecule has 0 saturated carbocycles. The van der Waals surface area contributed by atoms with E-state index < -0.39 is 0 Å². The fourth-order valence-corrected chi connectivity index (χ4v) is 12.1. The third-order valence-corrected chi connectivity index (χ3v) is 15.7. The summed E-state index contributed by atoms with van der Waals surface area (Å²) in [7, 11) is 0. The first-order valence-corrected chi connectivity index (χ1v) is 24.1. The highest BCUT2D eigenvalue weighted by Crippen LogP contribution is 2.67. The molecule has 68 heavy (non-hydrogen) atoms. The average molecular weight is 876 g/mol. The van der Waals surface area contributed by atoms with Gasteiger partial charge in [-0.1, -0.05) is 175 Å². The number of hydrogen-bond acceptors (Lipinski definition) is 3. The largest absolute Gasteiger partial charge is 0.310 e. The zero-order chi connectivity index (χ0) is 46.1. The molecule has 3 heterocycles. The number of hydrogen-bond donors (Lipinski definition) is 0. The predicted molar refractivity (Wildman–Crippen MR) is 287 cm³/mol. The second-order valence-corrected chi connectivity index (χ2v) is 20.6. The molecule has 0 atom stereocenters. The predicted octanol–water partition coefficient (Wildman–Crippen LogP) is 18.0. The molecule has 0 fully saturated rings. The van der Waals surface area contributed by atoms with Crippen molar-refractivity contribution in [1.29, 1.82) is 0 Å². The lowest BCUT2D eigenvalue weighted by Gasteiger charge is -2.55. The molecule has 3 heteroatoms. The summed E-state index contributed by atoms with van der Waals surface area (Å²) in [5.41, 5.74) is 20.7. The number of fused-ring (bicyclic) bond motifs is 2. The van der Waals surface area contributed by atoms with Crippen LogP contribution in [0.4, 0.5) is 51.2 Å². The Labute approximate surface area is 400 Å². The molecule has 0 amide bonds. The van der Waals surface area contributed by atoms with Crippen molar-refractivity contribution in [2.45, 2.75) is 57.8 Å². The third kappa shape index (κ3) is 5.72. The molecule has 0 aliphatic carbocycles. The molecule has 0 N–H and O–H groups in total. The van der Waals surface area contributed by atoms with Crippen LogP contribution in [0.2, 0.25) is 0 Å². The average Bonchev–Trinajstić information content (AvgIpc) is 3.37. The van der Waals surface area contributed by atoms with Crippen molar-refractivity contribution in [3.05, 3.63) is 246 Å². The van der Waals surface area contributed by atoms with E-state index in [2.05, 4.69) is 269 Å². The van der Waals surface area contributed by atoms with Gasteiger partial charge in [-0.05, 0) is 140 Å². The van der Waals surface area contributed by atoms with Gasteiger partial charge in [0.05, 0.1) is 22.7 Å². The van der Waals surface area contributed by atoms with E-state index in [0.29, 0.717) is 0 Å². The Hall–Kier alpha value is -7.88. The van der Waals surface area contributed by atoms with Crippen molar-refractivity contribution in [3.63, 3.8) is 0 Å². The minimum absolute atomic E-state index is 0.261. The summed E-state index contributed by atoms with van der Waals surface area (Å²) < 4.78 is 0. The first-order chi connectivity index (χ1) is 33.0. The Balaban J connectivity index is 1.06. The smallest absolute Gasteiger partial charge is 0.0545 e. The van der Waals surface area contributed by atoms with Crippen LogP contribution in [0.25, 0.3) is 32.7 Å². The maximum Gasteiger partial charge on any atom is 0.0545 e. The summed E-state index contributed by atoms with van der Waals surface area (Å²) in [6.07, 6.45) is 0. The Morgan fingerprint density at radius 1 is 0.309 bits per heavy atom. The van der Waals surface area contributed by atoms with Gasteiger partial charge in [0, 0.05) is 50.1 Å². The van der Waals surface area contributed by atoms with Crippen LogP contribution in [-0.2, 0) is 16.2 Å². The monoisotopic (exact) mass is 875 g/mol. The Bertz CT molecular complexity index is 3620. The zero-order valence-corrected chi connectivity index (χ0v) is 39.5. The van der Waals surface area contributed by atoms with Gasteiger partial charge in [-0.2, -0.15) is 0 Å². The Morgan fingerprint density at radius 3 is 1.34 bits per heavy atom. The van der Waals surface area contributed by atoms with Crippen molar-refractivity contribution < 1.29 is 0 Å². The maximum absolute atomic E-state index is 2.69. The molecule has 10 aromatic carbocycles. The molecule has 3 aliphatic heterocycles. The zero-order valence-electron chi connectivity index (χ0n) is 39.5. The molecule has 3 nitrogen and oxygen atoms in total. The molecule has 13 rings (SSSR count). The minimum atomic E-state index is -0.360. The van der Waals surface area contributed by atoms with Crippen LogP contribution in [-0.4, -0.2) is 0 Å². The topological polar surface area (TPSA) is 9.72 Å². The lowest BCUT2D eigenvalue weighted by Crippen LogP contribution is -2.43. The molecular weight excluding hydrogens is 823 g/mol. The van der Waals surface area contributed by atoms with Gasteiger partial charge in [-0.3, -0.25) is 0 Å². The summed E-state index contributed by atoms with van der Waals surface area (Å²) in [4.78, 5) is 7.55. The maximum atomic E-state index is 2.69. The van der Waals surface area contributed by atoms with Gasteiger partial charge in [0.2, 0.25) is 0 Å². The molecule has 0 unspecified atom stereocenters. The highest BCUT2D eigenvalue weighted by Gasteiger charge is 2.52. The van der Waals surface area contributed by atoms with E-state index in [-0.39, 0.29) is 16.2 Å². The first-order valence-electron chi connectivity index (χ1n) is 24.1. The summed E-state index contributed by atoms with van der Waals surface area (Å²) in [6, 6.07) is 78.9. The van der Waals surface area contributed by atoms with Gasteiger partial charge >= 0.3 is 0 Å². The van der Waals surface area contributed by atoms with E-state index in [1.54, 1.807) is 0 Å². The number of benzene rings is 10. The van der Waals surface area contributed by atoms with E-state index in [0.717, 1.165) is 28.4 Å². The van der Waals surface area contributed by atoms with Gasteiger partial charge in [0.15, 0.2) is 0 Å². The highest BCUT2D eigenvalue weighted by atomic mass is 15.2. The standard InChI is InChI=1S/C65H53N3/c1-63(2)53-31-20-32-54-60(53)68-61-55(63)38-44(50-35-36-59(52-30-19-18-29-51(50)52)67(47-27-14-9-15-28-47)48-34-33-42-21-16-17-22-43(42)37-48)39-56(61)65(5,6)58-41-49(40-57(62(58)68)64(54,3)4)66(45-23-10-7-11-24-45)46-25-12-8-13-26-46/h7-41H,1-6H3. The van der Waals surface area contributed by atoms with Crippen LogP contribution in [0.15, 0.2) is 212 Å². The van der Waals surface area contributed by atoms with Crippen molar-refractivity contribution in [2.75, 3.05) is 14.7 Å². The van der Waals surface area contributed by atoms with E-state index in [1.807, 2.05) is 0 Å². The van der Waals surface area contributed by atoms with E-state index in [1.165, 1.54) is 88.8 Å². The molecule has 3 aliphatic rings. The van der Waals surface area contributed by atoms with Crippen molar-refractivity contribution in [2.24, 2.45) is 0 Å². The fraction of sp³-hybridized carbons (Fsp3) is 0.138. The summed E-state index contributed by atoms with van der Waals surface area (Å²) in [5, 5.41) is 4.90. The first kappa shape index (κ1) is 40.4. The van der Waals surface area contributed by atoms with Crippen molar-refractivity contribution in [3.8, 4) is 11.1 Å². The lowest BCUT2D eigenvalue weighted by molar-refractivity contribution is 0.567. The van der Waals surface area contributed by atoms with Gasteiger partial charge in [-0.25, -0.2) is 0 Å². The summed E-state index contributed by atoms with van der Waals surface area (Å²) >= 11 is 0. The lowest BCUT2D eigenvalue weighted by atomic mass is 9.60. The quantitative estimate of drug-likeness (QED) is 0.158. The molecule has 0 bridgehead atoms. The highest BCUT2D eigenvalue weighted by molar-refractivity contribution is 6.08. The van der Waals surface area contributed by atoms with Crippen LogP contribution in [0.5, 0.6) is 0 Å². The third-order valence-electron chi connectivity index (χ3n) is 15.7. The van der Waals surface area contributed by atoms with E-state index in [4.69, 9.17) is 0 Å². The van der Waals surface area contributed by atoms with Gasteiger partial charge < -0.3 is 14.7 Å². The number of para-hydroxylation sites is 4. The van der Waals surface area contributed by atoms with E-state index in [9.17, 15) is 0 Å². The molecule has 328 valence electrons. The van der Waals surface area contributed by atoms with Crippen LogP contribution < -0.4 is 14.7 Å².